The molecule has 0 aromatic heterocycles. The molecule has 0 saturated heterocycles. The molecule has 0 fully saturated rings. The molecule has 0 aromatic carbocycles. The molecule has 9 heteroatoms. The van der Waals surface area contributed by atoms with E-state index in [9.17, 15) is 19.4 Å². The van der Waals surface area contributed by atoms with E-state index in [1.54, 1.807) is 6.08 Å². The molecule has 230 valence electrons. The highest BCUT2D eigenvalue weighted by Crippen LogP contribution is 2.43. The summed E-state index contributed by atoms with van der Waals surface area (Å²) in [4.78, 5) is 22.3. The molecule has 3 atom stereocenters. The molecule has 1 amide bonds. The third kappa shape index (κ3) is 25.7. The number of hydrogen-bond donors (Lipinski definition) is 4. The number of phosphoric acid groups is 1. The van der Waals surface area contributed by atoms with Gasteiger partial charge in [0.05, 0.1) is 25.4 Å². The fourth-order valence-corrected chi connectivity index (χ4v) is 4.91. The Morgan fingerprint density at radius 1 is 0.821 bits per heavy atom. The number of aliphatic hydroxyl groups excluding tert-OH is 1. The summed E-state index contributed by atoms with van der Waals surface area (Å²) in [6, 6.07) is -0.867. The number of amides is 1. The van der Waals surface area contributed by atoms with Crippen molar-refractivity contribution in [3.8, 4) is 0 Å². The van der Waals surface area contributed by atoms with Crippen molar-refractivity contribution in [2.45, 2.75) is 142 Å². The number of carbonyl (C=O) groups excluding carboxylic acids is 1. The third-order valence-corrected chi connectivity index (χ3v) is 7.50. The second-order valence-corrected chi connectivity index (χ2v) is 11.8. The smallest absolute Gasteiger partial charge is 0.387 e. The molecule has 0 radical (unpaired) electrons. The third-order valence-electron chi connectivity index (χ3n) is 6.51. The van der Waals surface area contributed by atoms with E-state index in [0.29, 0.717) is 6.42 Å². The van der Waals surface area contributed by atoms with Crippen molar-refractivity contribution in [2.75, 3.05) is 19.8 Å². The Bertz CT molecular complexity index is 674. The second-order valence-electron chi connectivity index (χ2n) is 10.3. The fraction of sp³-hybridized carbons (Fsp3) is 0.833. The summed E-state index contributed by atoms with van der Waals surface area (Å²) in [5, 5.41) is 13.4. The topological polar surface area (TPSA) is 131 Å². The van der Waals surface area contributed by atoms with Crippen molar-refractivity contribution in [1.82, 2.24) is 5.32 Å². The normalized spacial score (nSPS) is 15.1. The molecule has 0 aromatic rings. The van der Waals surface area contributed by atoms with Gasteiger partial charge in [0.2, 0.25) is 5.91 Å². The molecule has 5 N–H and O–H groups in total. The van der Waals surface area contributed by atoms with Gasteiger partial charge in [-0.05, 0) is 25.7 Å². The molecular formula is C30H59N2O6P. The van der Waals surface area contributed by atoms with Crippen LogP contribution in [0.25, 0.3) is 0 Å². The number of phosphoric ester groups is 1. The van der Waals surface area contributed by atoms with Gasteiger partial charge in [0, 0.05) is 13.0 Å². The van der Waals surface area contributed by atoms with Gasteiger partial charge in [-0.3, -0.25) is 13.8 Å². The van der Waals surface area contributed by atoms with Gasteiger partial charge < -0.3 is 21.1 Å². The van der Waals surface area contributed by atoms with Gasteiger partial charge in [-0.2, -0.15) is 0 Å². The largest absolute Gasteiger partial charge is 0.472 e. The molecule has 0 rings (SSSR count). The zero-order chi connectivity index (χ0) is 29.0. The lowest BCUT2D eigenvalue weighted by Gasteiger charge is -2.23. The van der Waals surface area contributed by atoms with Crippen LogP contribution < -0.4 is 11.1 Å². The summed E-state index contributed by atoms with van der Waals surface area (Å²) in [6.07, 6.45) is 26.7. The monoisotopic (exact) mass is 574 g/mol. The lowest BCUT2D eigenvalue weighted by molar-refractivity contribution is -0.123. The van der Waals surface area contributed by atoms with Crippen molar-refractivity contribution in [3.63, 3.8) is 0 Å². The van der Waals surface area contributed by atoms with E-state index in [1.807, 2.05) is 6.08 Å². The van der Waals surface area contributed by atoms with Crippen LogP contribution in [-0.4, -0.2) is 47.8 Å². The van der Waals surface area contributed by atoms with Crippen LogP contribution in [0.3, 0.4) is 0 Å². The molecule has 0 spiro atoms. The molecule has 3 unspecified atom stereocenters. The van der Waals surface area contributed by atoms with E-state index in [1.165, 1.54) is 64.2 Å². The van der Waals surface area contributed by atoms with E-state index in [0.717, 1.165) is 44.9 Å². The highest BCUT2D eigenvalue weighted by molar-refractivity contribution is 7.47. The molecular weight excluding hydrogens is 515 g/mol. The molecule has 0 aliphatic rings. The Labute approximate surface area is 238 Å². The lowest BCUT2D eigenvalue weighted by Crippen LogP contribution is -2.45. The van der Waals surface area contributed by atoms with Crippen LogP contribution in [0, 0.1) is 0 Å². The van der Waals surface area contributed by atoms with E-state index < -0.39 is 20.0 Å². The quantitative estimate of drug-likeness (QED) is 0.0445. The summed E-state index contributed by atoms with van der Waals surface area (Å²) in [5.74, 6) is -0.211. The van der Waals surface area contributed by atoms with E-state index in [-0.39, 0.29) is 25.7 Å². The number of rotatable bonds is 28. The summed E-state index contributed by atoms with van der Waals surface area (Å²) < 4.78 is 21.8. The highest BCUT2D eigenvalue weighted by atomic mass is 31.2. The number of aliphatic hydroxyl groups is 1. The predicted octanol–water partition coefficient (Wildman–Crippen LogP) is 7.10. The molecule has 0 bridgehead atoms. The van der Waals surface area contributed by atoms with Crippen molar-refractivity contribution >= 4 is 13.7 Å². The van der Waals surface area contributed by atoms with Gasteiger partial charge in [0.1, 0.15) is 0 Å². The number of carbonyl (C=O) groups is 1. The maximum absolute atomic E-state index is 12.5. The van der Waals surface area contributed by atoms with Crippen LogP contribution in [0.5, 0.6) is 0 Å². The number of unbranched alkanes of at least 4 members (excludes halogenated alkanes) is 14. The summed E-state index contributed by atoms with van der Waals surface area (Å²) in [6.45, 7) is 3.97. The van der Waals surface area contributed by atoms with Gasteiger partial charge in [-0.1, -0.05) is 122 Å². The minimum atomic E-state index is -4.32. The van der Waals surface area contributed by atoms with Crippen LogP contribution in [0.2, 0.25) is 0 Å². The highest BCUT2D eigenvalue weighted by Gasteiger charge is 2.26. The molecule has 0 aliphatic heterocycles. The van der Waals surface area contributed by atoms with E-state index in [4.69, 9.17) is 14.8 Å². The SMILES string of the molecule is CCC/C=C/CC/C=C/C(O)C(COP(=O)(O)OCCN)NC(=O)CCCCCCCCCCCCCCC. The number of hydrogen-bond acceptors (Lipinski definition) is 6. The minimum Gasteiger partial charge on any atom is -0.387 e. The Morgan fingerprint density at radius 2 is 1.36 bits per heavy atom. The maximum atomic E-state index is 12.5. The van der Waals surface area contributed by atoms with E-state index >= 15 is 0 Å². The van der Waals surface area contributed by atoms with Gasteiger partial charge in [-0.15, -0.1) is 0 Å². The van der Waals surface area contributed by atoms with Crippen LogP contribution >= 0.6 is 7.82 Å². The van der Waals surface area contributed by atoms with Crippen LogP contribution in [0.4, 0.5) is 0 Å². The van der Waals surface area contributed by atoms with Gasteiger partial charge in [-0.25, -0.2) is 4.57 Å². The average molecular weight is 575 g/mol. The van der Waals surface area contributed by atoms with Gasteiger partial charge >= 0.3 is 7.82 Å². The first-order valence-corrected chi connectivity index (χ1v) is 17.0. The first kappa shape index (κ1) is 38.0. The molecule has 0 heterocycles. The lowest BCUT2D eigenvalue weighted by atomic mass is 10.0. The number of nitrogens with one attached hydrogen (secondary N) is 1. The molecule has 0 aliphatic carbocycles. The van der Waals surface area contributed by atoms with Crippen LogP contribution in [0.1, 0.15) is 129 Å². The van der Waals surface area contributed by atoms with Crippen molar-refractivity contribution in [3.05, 3.63) is 24.3 Å². The Morgan fingerprint density at radius 3 is 1.92 bits per heavy atom. The Kier molecular flexibility index (Phi) is 26.5. The zero-order valence-corrected chi connectivity index (χ0v) is 25.8. The maximum Gasteiger partial charge on any atom is 0.472 e. The minimum absolute atomic E-state index is 0.0747. The average Bonchev–Trinajstić information content (AvgIpc) is 2.91. The molecule has 0 saturated carbocycles. The van der Waals surface area contributed by atoms with Crippen LogP contribution in [0.15, 0.2) is 24.3 Å². The van der Waals surface area contributed by atoms with Crippen molar-refractivity contribution < 1.29 is 28.4 Å². The second kappa shape index (κ2) is 27.2. The number of allylic oxidation sites excluding steroid dienone is 3. The summed E-state index contributed by atoms with van der Waals surface area (Å²) >= 11 is 0. The molecule has 8 nitrogen and oxygen atoms in total. The summed E-state index contributed by atoms with van der Waals surface area (Å²) in [7, 11) is -4.32. The van der Waals surface area contributed by atoms with Crippen molar-refractivity contribution in [2.24, 2.45) is 5.73 Å². The first-order chi connectivity index (χ1) is 18.9. The molecule has 39 heavy (non-hydrogen) atoms. The van der Waals surface area contributed by atoms with Crippen LogP contribution in [-0.2, 0) is 18.4 Å². The van der Waals surface area contributed by atoms with Gasteiger partial charge in [0.15, 0.2) is 0 Å². The standard InChI is InChI=1S/C30H59N2O6P/c1-3-5-7-9-11-12-13-14-15-16-18-20-22-24-30(34)32-28(27-38-39(35,36)37-26-25-31)29(33)23-21-19-17-10-8-6-4-2/h8,10,21,23,28-29,33H,3-7,9,11-20,22,24-27,31H2,1-2H3,(H,32,34)(H,35,36)/b10-8+,23-21+. The zero-order valence-electron chi connectivity index (χ0n) is 24.9. The van der Waals surface area contributed by atoms with E-state index in [2.05, 4.69) is 31.3 Å². The fourth-order valence-electron chi connectivity index (χ4n) is 4.15. The van der Waals surface area contributed by atoms with Crippen molar-refractivity contribution in [1.29, 1.82) is 0 Å². The predicted molar refractivity (Wildman–Crippen MR) is 161 cm³/mol. The number of nitrogens with two attached hydrogens (primary N) is 1. The Balaban J connectivity index is 4.37. The Hall–Kier alpha value is -1.02. The first-order valence-electron chi connectivity index (χ1n) is 15.5. The van der Waals surface area contributed by atoms with Gasteiger partial charge in [0.25, 0.3) is 0 Å². The summed E-state index contributed by atoms with van der Waals surface area (Å²) in [5.41, 5.74) is 5.31.